The van der Waals surface area contributed by atoms with E-state index in [0.717, 1.165) is 6.42 Å². The Balaban J connectivity index is 2.38. The Bertz CT molecular complexity index is 307. The third kappa shape index (κ3) is 4.80. The molecule has 0 saturated heterocycles. The highest BCUT2D eigenvalue weighted by molar-refractivity contribution is 9.10. The van der Waals surface area contributed by atoms with Gasteiger partial charge in [0.1, 0.15) is 0 Å². The van der Waals surface area contributed by atoms with E-state index in [1.165, 1.54) is 22.9 Å². The third-order valence-electron chi connectivity index (χ3n) is 2.83. The van der Waals surface area contributed by atoms with Crippen molar-refractivity contribution in [3.8, 4) is 0 Å². The first-order chi connectivity index (χ1) is 7.03. The van der Waals surface area contributed by atoms with Crippen molar-refractivity contribution in [3.05, 3.63) is 34.3 Å². The zero-order valence-corrected chi connectivity index (χ0v) is 11.4. The Morgan fingerprint density at radius 1 is 1.33 bits per heavy atom. The first-order valence-electron chi connectivity index (χ1n) is 5.47. The summed E-state index contributed by atoms with van der Waals surface area (Å²) in [6, 6.07) is 8.56. The van der Waals surface area contributed by atoms with Gasteiger partial charge in [0.15, 0.2) is 0 Å². The van der Waals surface area contributed by atoms with Crippen LogP contribution in [0.2, 0.25) is 0 Å². The number of nitrogens with one attached hydrogen (secondary N) is 1. The lowest BCUT2D eigenvalue weighted by molar-refractivity contribution is 0.382. The van der Waals surface area contributed by atoms with Gasteiger partial charge in [-0.1, -0.05) is 28.1 Å². The van der Waals surface area contributed by atoms with Crippen molar-refractivity contribution in [2.45, 2.75) is 38.6 Å². The molecule has 0 heterocycles. The standard InChI is InChI=1S/C13H20BrN/c1-13(2,15-3)9-5-7-11-6-4-8-12(14)10-11/h4,6,8,10,15H,5,7,9H2,1-3H3. The zero-order valence-electron chi connectivity index (χ0n) is 9.81. The van der Waals surface area contributed by atoms with Gasteiger partial charge in [0.05, 0.1) is 0 Å². The molecular formula is C13H20BrN. The van der Waals surface area contributed by atoms with Crippen molar-refractivity contribution in [1.29, 1.82) is 0 Å². The summed E-state index contributed by atoms with van der Waals surface area (Å²) in [4.78, 5) is 0. The Kier molecular flexibility index (Phi) is 4.81. The van der Waals surface area contributed by atoms with Crippen LogP contribution < -0.4 is 5.32 Å². The monoisotopic (exact) mass is 269 g/mol. The van der Waals surface area contributed by atoms with Crippen LogP contribution in [-0.2, 0) is 6.42 Å². The predicted molar refractivity (Wildman–Crippen MR) is 70.2 cm³/mol. The average Bonchev–Trinajstić information content (AvgIpc) is 2.18. The van der Waals surface area contributed by atoms with E-state index in [9.17, 15) is 0 Å². The van der Waals surface area contributed by atoms with Gasteiger partial charge in [-0.25, -0.2) is 0 Å². The van der Waals surface area contributed by atoms with Crippen LogP contribution in [0.4, 0.5) is 0 Å². The average molecular weight is 270 g/mol. The molecule has 0 radical (unpaired) electrons. The van der Waals surface area contributed by atoms with Gasteiger partial charge in [-0.05, 0) is 57.9 Å². The van der Waals surface area contributed by atoms with Crippen molar-refractivity contribution < 1.29 is 0 Å². The summed E-state index contributed by atoms with van der Waals surface area (Å²) < 4.78 is 1.17. The molecule has 0 aliphatic carbocycles. The van der Waals surface area contributed by atoms with Crippen LogP contribution in [0.25, 0.3) is 0 Å². The van der Waals surface area contributed by atoms with Crippen LogP contribution in [0, 0.1) is 0 Å². The number of hydrogen-bond acceptors (Lipinski definition) is 1. The fourth-order valence-electron chi connectivity index (χ4n) is 1.55. The van der Waals surface area contributed by atoms with Gasteiger partial charge >= 0.3 is 0 Å². The molecule has 0 aliphatic rings. The summed E-state index contributed by atoms with van der Waals surface area (Å²) >= 11 is 3.49. The normalized spacial score (nSPS) is 11.7. The molecule has 0 aromatic heterocycles. The van der Waals surface area contributed by atoms with E-state index in [2.05, 4.69) is 59.4 Å². The summed E-state index contributed by atoms with van der Waals surface area (Å²) in [5.74, 6) is 0. The molecule has 1 aromatic carbocycles. The van der Waals surface area contributed by atoms with Crippen LogP contribution in [0.1, 0.15) is 32.3 Å². The molecule has 0 fully saturated rings. The number of hydrogen-bond donors (Lipinski definition) is 1. The van der Waals surface area contributed by atoms with Crippen molar-refractivity contribution in [3.63, 3.8) is 0 Å². The number of benzene rings is 1. The molecule has 0 bridgehead atoms. The van der Waals surface area contributed by atoms with Crippen molar-refractivity contribution >= 4 is 15.9 Å². The predicted octanol–water partition coefficient (Wildman–Crippen LogP) is 3.77. The summed E-state index contributed by atoms with van der Waals surface area (Å²) in [5, 5.41) is 3.33. The lowest BCUT2D eigenvalue weighted by Gasteiger charge is -2.23. The fraction of sp³-hybridized carbons (Fsp3) is 0.538. The second-order valence-electron chi connectivity index (χ2n) is 4.62. The lowest BCUT2D eigenvalue weighted by atomic mass is 9.96. The van der Waals surface area contributed by atoms with Crippen LogP contribution >= 0.6 is 15.9 Å². The highest BCUT2D eigenvalue weighted by Crippen LogP contribution is 2.16. The minimum absolute atomic E-state index is 0.256. The van der Waals surface area contributed by atoms with Gasteiger partial charge in [-0.15, -0.1) is 0 Å². The molecular weight excluding hydrogens is 250 g/mol. The fourth-order valence-corrected chi connectivity index (χ4v) is 2.00. The largest absolute Gasteiger partial charge is 0.315 e. The van der Waals surface area contributed by atoms with Gasteiger partial charge in [-0.2, -0.15) is 0 Å². The highest BCUT2D eigenvalue weighted by Gasteiger charge is 2.13. The van der Waals surface area contributed by atoms with E-state index < -0.39 is 0 Å². The maximum Gasteiger partial charge on any atom is 0.0177 e. The van der Waals surface area contributed by atoms with Crippen LogP contribution in [0.15, 0.2) is 28.7 Å². The maximum absolute atomic E-state index is 3.49. The Morgan fingerprint density at radius 2 is 2.07 bits per heavy atom. The van der Waals surface area contributed by atoms with Gasteiger partial charge in [0, 0.05) is 10.0 Å². The molecule has 1 aromatic rings. The molecule has 1 rings (SSSR count). The van der Waals surface area contributed by atoms with E-state index in [0.29, 0.717) is 0 Å². The van der Waals surface area contributed by atoms with Crippen molar-refractivity contribution in [2.75, 3.05) is 7.05 Å². The SMILES string of the molecule is CNC(C)(C)CCCc1cccc(Br)c1. The van der Waals surface area contributed by atoms with Crippen molar-refractivity contribution in [1.82, 2.24) is 5.32 Å². The number of rotatable bonds is 5. The minimum Gasteiger partial charge on any atom is -0.315 e. The third-order valence-corrected chi connectivity index (χ3v) is 3.33. The zero-order chi connectivity index (χ0) is 11.3. The maximum atomic E-state index is 3.49. The van der Waals surface area contributed by atoms with E-state index >= 15 is 0 Å². The quantitative estimate of drug-likeness (QED) is 0.858. The minimum atomic E-state index is 0.256. The van der Waals surface area contributed by atoms with Crippen molar-refractivity contribution in [2.24, 2.45) is 0 Å². The highest BCUT2D eigenvalue weighted by atomic mass is 79.9. The second-order valence-corrected chi connectivity index (χ2v) is 5.53. The molecule has 1 nitrogen and oxygen atoms in total. The van der Waals surface area contributed by atoms with Gasteiger partial charge < -0.3 is 5.32 Å². The lowest BCUT2D eigenvalue weighted by Crippen LogP contribution is -2.35. The van der Waals surface area contributed by atoms with Crippen LogP contribution in [0.3, 0.4) is 0 Å². The first kappa shape index (κ1) is 12.7. The van der Waals surface area contributed by atoms with E-state index in [1.807, 2.05) is 7.05 Å². The molecule has 15 heavy (non-hydrogen) atoms. The summed E-state index contributed by atoms with van der Waals surface area (Å²) in [6.07, 6.45) is 3.59. The number of halogens is 1. The Hall–Kier alpha value is -0.340. The first-order valence-corrected chi connectivity index (χ1v) is 6.26. The Labute approximate surface area is 101 Å². The number of aryl methyl sites for hydroxylation is 1. The summed E-state index contributed by atoms with van der Waals surface area (Å²) in [6.45, 7) is 4.49. The molecule has 84 valence electrons. The molecule has 0 atom stereocenters. The van der Waals surface area contributed by atoms with E-state index in [4.69, 9.17) is 0 Å². The molecule has 0 amide bonds. The second kappa shape index (κ2) is 5.66. The van der Waals surface area contributed by atoms with Gasteiger partial charge in [-0.3, -0.25) is 0 Å². The van der Waals surface area contributed by atoms with Crippen LogP contribution in [-0.4, -0.2) is 12.6 Å². The molecule has 0 aliphatic heterocycles. The van der Waals surface area contributed by atoms with Gasteiger partial charge in [0.2, 0.25) is 0 Å². The van der Waals surface area contributed by atoms with Gasteiger partial charge in [0.25, 0.3) is 0 Å². The molecule has 0 unspecified atom stereocenters. The molecule has 2 heteroatoms. The molecule has 1 N–H and O–H groups in total. The van der Waals surface area contributed by atoms with E-state index in [1.54, 1.807) is 0 Å². The van der Waals surface area contributed by atoms with Crippen LogP contribution in [0.5, 0.6) is 0 Å². The summed E-state index contributed by atoms with van der Waals surface area (Å²) in [5.41, 5.74) is 1.67. The Morgan fingerprint density at radius 3 is 2.67 bits per heavy atom. The topological polar surface area (TPSA) is 12.0 Å². The molecule has 0 spiro atoms. The summed E-state index contributed by atoms with van der Waals surface area (Å²) in [7, 11) is 2.03. The smallest absolute Gasteiger partial charge is 0.0177 e. The molecule has 0 saturated carbocycles. The van der Waals surface area contributed by atoms with E-state index in [-0.39, 0.29) is 5.54 Å².